The van der Waals surface area contributed by atoms with Crippen molar-refractivity contribution in [3.8, 4) is 0 Å². The highest BCUT2D eigenvalue weighted by molar-refractivity contribution is 4.80. The van der Waals surface area contributed by atoms with Gasteiger partial charge >= 0.3 is 0 Å². The fraction of sp³-hybridized carbons (Fsp3) is 1.00. The zero-order valence-electron chi connectivity index (χ0n) is 8.29. The maximum absolute atomic E-state index is 8.71. The molecule has 1 heterocycles. The Morgan fingerprint density at radius 1 is 1.58 bits per heavy atom. The predicted molar refractivity (Wildman–Crippen MR) is 51.1 cm³/mol. The van der Waals surface area contributed by atoms with Crippen molar-refractivity contribution >= 4 is 0 Å². The van der Waals surface area contributed by atoms with E-state index in [2.05, 4.69) is 18.9 Å². The lowest BCUT2D eigenvalue weighted by atomic mass is 9.95. The number of hydrogen-bond acceptors (Lipinski definition) is 2. The van der Waals surface area contributed by atoms with Gasteiger partial charge in [-0.25, -0.2) is 0 Å². The first-order valence-electron chi connectivity index (χ1n) is 5.07. The van der Waals surface area contributed by atoms with Crippen molar-refractivity contribution in [2.75, 3.05) is 20.2 Å². The summed E-state index contributed by atoms with van der Waals surface area (Å²) >= 11 is 0. The molecule has 2 heteroatoms. The third-order valence-electron chi connectivity index (χ3n) is 3.05. The summed E-state index contributed by atoms with van der Waals surface area (Å²) in [4.78, 5) is 2.46. The molecule has 0 saturated carbocycles. The molecule has 1 rings (SSSR count). The van der Waals surface area contributed by atoms with Crippen molar-refractivity contribution in [3.05, 3.63) is 0 Å². The lowest BCUT2D eigenvalue weighted by Crippen LogP contribution is -2.31. The van der Waals surface area contributed by atoms with Gasteiger partial charge in [0.1, 0.15) is 0 Å². The Hall–Kier alpha value is -0.0800. The summed E-state index contributed by atoms with van der Waals surface area (Å²) in [6, 6.07) is 0.775. The van der Waals surface area contributed by atoms with E-state index in [-0.39, 0.29) is 0 Å². The summed E-state index contributed by atoms with van der Waals surface area (Å²) in [5.74, 6) is 0.754. The maximum atomic E-state index is 8.71. The maximum Gasteiger partial charge on any atom is 0.0431 e. The van der Waals surface area contributed by atoms with E-state index in [9.17, 15) is 0 Å². The van der Waals surface area contributed by atoms with Gasteiger partial charge in [0.05, 0.1) is 0 Å². The Balaban J connectivity index is 2.25. The van der Waals surface area contributed by atoms with Gasteiger partial charge < -0.3 is 10.0 Å². The van der Waals surface area contributed by atoms with Crippen LogP contribution in [0.5, 0.6) is 0 Å². The van der Waals surface area contributed by atoms with Gasteiger partial charge in [-0.3, -0.25) is 0 Å². The minimum absolute atomic E-state index is 0.348. The Labute approximate surface area is 75.6 Å². The van der Waals surface area contributed by atoms with Crippen LogP contribution in [0.4, 0.5) is 0 Å². The van der Waals surface area contributed by atoms with Crippen LogP contribution in [0.15, 0.2) is 0 Å². The zero-order chi connectivity index (χ0) is 8.97. The van der Waals surface area contributed by atoms with E-state index in [0.29, 0.717) is 6.61 Å². The van der Waals surface area contributed by atoms with Crippen LogP contribution in [0, 0.1) is 5.92 Å². The lowest BCUT2D eigenvalue weighted by Gasteiger charge is -2.25. The number of hydrogen-bond donors (Lipinski definition) is 1. The van der Waals surface area contributed by atoms with Gasteiger partial charge in [-0.2, -0.15) is 0 Å². The number of rotatable bonds is 4. The highest BCUT2D eigenvalue weighted by Crippen LogP contribution is 2.24. The van der Waals surface area contributed by atoms with Gasteiger partial charge in [-0.15, -0.1) is 0 Å². The fourth-order valence-corrected chi connectivity index (χ4v) is 2.26. The third-order valence-corrected chi connectivity index (χ3v) is 3.05. The van der Waals surface area contributed by atoms with Gasteiger partial charge in [0.25, 0.3) is 0 Å². The molecule has 2 nitrogen and oxygen atoms in total. The third kappa shape index (κ3) is 2.46. The molecule has 1 aliphatic rings. The van der Waals surface area contributed by atoms with Crippen molar-refractivity contribution in [2.45, 2.75) is 38.6 Å². The number of nitrogens with zero attached hydrogens (tertiary/aromatic N) is 1. The van der Waals surface area contributed by atoms with Crippen LogP contribution in [-0.4, -0.2) is 36.2 Å². The van der Waals surface area contributed by atoms with E-state index < -0.39 is 0 Å². The topological polar surface area (TPSA) is 23.5 Å². The van der Waals surface area contributed by atoms with Crippen molar-refractivity contribution in [3.63, 3.8) is 0 Å². The average Bonchev–Trinajstić information content (AvgIpc) is 2.47. The molecule has 0 spiro atoms. The van der Waals surface area contributed by atoms with Gasteiger partial charge in [0.15, 0.2) is 0 Å². The van der Waals surface area contributed by atoms with E-state index in [1.807, 2.05) is 0 Å². The molecule has 1 N–H and O–H groups in total. The first kappa shape index (κ1) is 10.0. The molecule has 0 amide bonds. The molecule has 2 unspecified atom stereocenters. The number of aliphatic hydroxyl groups is 1. The second-order valence-corrected chi connectivity index (χ2v) is 4.03. The monoisotopic (exact) mass is 171 g/mol. The van der Waals surface area contributed by atoms with Crippen LogP contribution >= 0.6 is 0 Å². The number of aliphatic hydroxyl groups excluding tert-OH is 1. The van der Waals surface area contributed by atoms with Crippen LogP contribution in [-0.2, 0) is 0 Å². The Morgan fingerprint density at radius 2 is 2.33 bits per heavy atom. The zero-order valence-corrected chi connectivity index (χ0v) is 8.29. The molecular formula is C10H21NO. The SMILES string of the molecule is CC(CCCO)C1CCCN1C. The molecule has 0 aromatic heterocycles. The van der Waals surface area contributed by atoms with Crippen LogP contribution in [0.2, 0.25) is 0 Å². The van der Waals surface area contributed by atoms with E-state index >= 15 is 0 Å². The fourth-order valence-electron chi connectivity index (χ4n) is 2.26. The second kappa shape index (κ2) is 4.83. The molecule has 12 heavy (non-hydrogen) atoms. The Bertz CT molecular complexity index is 127. The molecule has 2 atom stereocenters. The largest absolute Gasteiger partial charge is 0.396 e. The minimum atomic E-state index is 0.348. The molecular weight excluding hydrogens is 150 g/mol. The van der Waals surface area contributed by atoms with Crippen LogP contribution in [0.25, 0.3) is 0 Å². The van der Waals surface area contributed by atoms with Gasteiger partial charge in [0.2, 0.25) is 0 Å². The summed E-state index contributed by atoms with van der Waals surface area (Å²) < 4.78 is 0. The summed E-state index contributed by atoms with van der Waals surface area (Å²) in [5.41, 5.74) is 0. The summed E-state index contributed by atoms with van der Waals surface area (Å²) in [7, 11) is 2.22. The van der Waals surface area contributed by atoms with Crippen LogP contribution in [0.1, 0.15) is 32.6 Å². The van der Waals surface area contributed by atoms with Crippen molar-refractivity contribution in [2.24, 2.45) is 5.92 Å². The lowest BCUT2D eigenvalue weighted by molar-refractivity contribution is 0.209. The molecule has 0 aliphatic carbocycles. The summed E-state index contributed by atoms with van der Waals surface area (Å²) in [6.45, 7) is 3.91. The molecule has 0 aromatic carbocycles. The van der Waals surface area contributed by atoms with E-state index in [1.165, 1.54) is 25.8 Å². The molecule has 1 aliphatic heterocycles. The van der Waals surface area contributed by atoms with E-state index in [4.69, 9.17) is 5.11 Å². The first-order chi connectivity index (χ1) is 5.75. The van der Waals surface area contributed by atoms with E-state index in [1.54, 1.807) is 0 Å². The summed E-state index contributed by atoms with van der Waals surface area (Å²) in [6.07, 6.45) is 4.84. The average molecular weight is 171 g/mol. The molecule has 0 radical (unpaired) electrons. The van der Waals surface area contributed by atoms with Crippen molar-refractivity contribution in [1.29, 1.82) is 0 Å². The molecule has 72 valence electrons. The van der Waals surface area contributed by atoms with E-state index in [0.717, 1.165) is 18.4 Å². The summed E-state index contributed by atoms with van der Waals surface area (Å²) in [5, 5.41) is 8.71. The Morgan fingerprint density at radius 3 is 2.83 bits per heavy atom. The quantitative estimate of drug-likeness (QED) is 0.692. The highest BCUT2D eigenvalue weighted by atomic mass is 16.2. The van der Waals surface area contributed by atoms with Crippen LogP contribution < -0.4 is 0 Å². The highest BCUT2D eigenvalue weighted by Gasteiger charge is 2.25. The van der Waals surface area contributed by atoms with Crippen molar-refractivity contribution in [1.82, 2.24) is 4.90 Å². The van der Waals surface area contributed by atoms with Gasteiger partial charge in [-0.1, -0.05) is 6.92 Å². The molecule has 1 saturated heterocycles. The first-order valence-corrected chi connectivity index (χ1v) is 5.07. The number of likely N-dealkylation sites (tertiary alicyclic amines) is 1. The van der Waals surface area contributed by atoms with Gasteiger partial charge in [0, 0.05) is 12.6 Å². The Kier molecular flexibility index (Phi) is 4.02. The molecule has 1 fully saturated rings. The van der Waals surface area contributed by atoms with Crippen molar-refractivity contribution < 1.29 is 5.11 Å². The minimum Gasteiger partial charge on any atom is -0.396 e. The van der Waals surface area contributed by atoms with Gasteiger partial charge in [-0.05, 0) is 45.2 Å². The second-order valence-electron chi connectivity index (χ2n) is 4.03. The normalized spacial score (nSPS) is 27.8. The molecule has 0 aromatic rings. The predicted octanol–water partition coefficient (Wildman–Crippen LogP) is 1.49. The smallest absolute Gasteiger partial charge is 0.0431 e. The van der Waals surface area contributed by atoms with Crippen LogP contribution in [0.3, 0.4) is 0 Å². The standard InChI is InChI=1S/C10H21NO/c1-9(5-4-8-12)10-6-3-7-11(10)2/h9-10,12H,3-8H2,1-2H3. The molecule has 0 bridgehead atoms.